The van der Waals surface area contributed by atoms with Crippen molar-refractivity contribution < 1.29 is 9.59 Å². The highest BCUT2D eigenvalue weighted by atomic mass is 35.5. The molecule has 0 atom stereocenters. The number of anilines is 1. The molecule has 0 saturated heterocycles. The molecular weight excluding hydrogens is 410 g/mol. The Kier molecular flexibility index (Phi) is 6.05. The van der Waals surface area contributed by atoms with Crippen LogP contribution >= 0.6 is 11.6 Å². The number of carbonyl (C=O) groups is 2. The number of benzene rings is 4. The molecule has 0 unspecified atom stereocenters. The van der Waals surface area contributed by atoms with Gasteiger partial charge in [-0.25, -0.2) is 5.43 Å². The Morgan fingerprint density at radius 3 is 2.29 bits per heavy atom. The molecule has 152 valence electrons. The molecule has 0 bridgehead atoms. The molecule has 0 radical (unpaired) electrons. The molecule has 0 heterocycles. The van der Waals surface area contributed by atoms with E-state index < -0.39 is 0 Å². The van der Waals surface area contributed by atoms with Gasteiger partial charge in [-0.05, 0) is 58.8 Å². The largest absolute Gasteiger partial charge is 0.322 e. The third-order valence-electron chi connectivity index (χ3n) is 4.62. The minimum Gasteiger partial charge on any atom is -0.322 e. The summed E-state index contributed by atoms with van der Waals surface area (Å²) in [7, 11) is 0. The fourth-order valence-corrected chi connectivity index (χ4v) is 3.28. The number of halogens is 1. The number of nitrogens with one attached hydrogen (secondary N) is 2. The van der Waals surface area contributed by atoms with E-state index in [2.05, 4.69) is 15.8 Å². The molecular formula is C25H18ClN3O2. The van der Waals surface area contributed by atoms with Crippen LogP contribution in [0.1, 0.15) is 26.3 Å². The van der Waals surface area contributed by atoms with Gasteiger partial charge in [0.15, 0.2) is 0 Å². The molecule has 2 amide bonds. The van der Waals surface area contributed by atoms with E-state index in [9.17, 15) is 9.59 Å². The predicted octanol–water partition coefficient (Wildman–Crippen LogP) is 5.51. The average molecular weight is 428 g/mol. The quantitative estimate of drug-likeness (QED) is 0.325. The zero-order valence-corrected chi connectivity index (χ0v) is 17.1. The van der Waals surface area contributed by atoms with Gasteiger partial charge in [0.25, 0.3) is 11.8 Å². The maximum Gasteiger partial charge on any atom is 0.271 e. The number of fused-ring (bicyclic) bond motifs is 1. The van der Waals surface area contributed by atoms with Gasteiger partial charge in [0.05, 0.1) is 6.21 Å². The lowest BCUT2D eigenvalue weighted by Crippen LogP contribution is -2.18. The second-order valence-electron chi connectivity index (χ2n) is 6.85. The van der Waals surface area contributed by atoms with Crippen molar-refractivity contribution in [2.45, 2.75) is 0 Å². The number of hydrogen-bond donors (Lipinski definition) is 2. The van der Waals surface area contributed by atoms with Crippen LogP contribution in [0.25, 0.3) is 10.8 Å². The zero-order chi connectivity index (χ0) is 21.6. The third-order valence-corrected chi connectivity index (χ3v) is 4.86. The Morgan fingerprint density at radius 1 is 0.742 bits per heavy atom. The first-order chi connectivity index (χ1) is 15.1. The van der Waals surface area contributed by atoms with Crippen LogP contribution in [0.2, 0.25) is 5.02 Å². The summed E-state index contributed by atoms with van der Waals surface area (Å²) < 4.78 is 0. The Balaban J connectivity index is 1.41. The molecule has 0 saturated carbocycles. The van der Waals surface area contributed by atoms with Crippen molar-refractivity contribution in [3.63, 3.8) is 0 Å². The molecule has 4 aromatic carbocycles. The molecule has 5 nitrogen and oxygen atoms in total. The van der Waals surface area contributed by atoms with Crippen LogP contribution in [-0.4, -0.2) is 18.0 Å². The minimum absolute atomic E-state index is 0.311. The van der Waals surface area contributed by atoms with E-state index in [1.165, 1.54) is 0 Å². The number of carbonyl (C=O) groups excluding carboxylic acids is 2. The number of amides is 2. The van der Waals surface area contributed by atoms with Crippen molar-refractivity contribution in [1.82, 2.24) is 5.43 Å². The standard InChI is InChI=1S/C25H18ClN3O2/c26-22-9-3-7-20(14-22)24(30)28-23-10-4-8-21(15-23)25(31)29-27-16-17-11-12-18-5-1-2-6-19(18)13-17/h1-16H,(H,28,30)(H,29,31). The highest BCUT2D eigenvalue weighted by Crippen LogP contribution is 2.16. The molecule has 4 rings (SSSR count). The summed E-state index contributed by atoms with van der Waals surface area (Å²) in [6, 6.07) is 27.2. The van der Waals surface area contributed by atoms with Crippen LogP contribution < -0.4 is 10.7 Å². The lowest BCUT2D eigenvalue weighted by atomic mass is 10.1. The lowest BCUT2D eigenvalue weighted by Gasteiger charge is -2.07. The zero-order valence-electron chi connectivity index (χ0n) is 16.4. The van der Waals surface area contributed by atoms with Crippen molar-refractivity contribution in [3.05, 3.63) is 113 Å². The number of hydrogen-bond acceptors (Lipinski definition) is 3. The molecule has 0 aliphatic rings. The van der Waals surface area contributed by atoms with Gasteiger partial charge in [-0.1, -0.05) is 60.1 Å². The Bertz CT molecular complexity index is 1300. The molecule has 0 aromatic heterocycles. The van der Waals surface area contributed by atoms with Crippen molar-refractivity contribution in [3.8, 4) is 0 Å². The summed E-state index contributed by atoms with van der Waals surface area (Å²) in [5.41, 5.74) is 4.70. The summed E-state index contributed by atoms with van der Waals surface area (Å²) >= 11 is 5.93. The first kappa shape index (κ1) is 20.3. The van der Waals surface area contributed by atoms with Crippen LogP contribution in [0, 0.1) is 0 Å². The molecule has 4 aromatic rings. The summed E-state index contributed by atoms with van der Waals surface area (Å²) in [6.07, 6.45) is 1.59. The predicted molar refractivity (Wildman–Crippen MR) is 125 cm³/mol. The SMILES string of the molecule is O=C(NN=Cc1ccc2ccccc2c1)c1cccc(NC(=O)c2cccc(Cl)c2)c1. The van der Waals surface area contributed by atoms with E-state index in [1.807, 2.05) is 42.5 Å². The van der Waals surface area contributed by atoms with E-state index in [-0.39, 0.29) is 11.8 Å². The monoisotopic (exact) mass is 427 g/mol. The van der Waals surface area contributed by atoms with Crippen molar-refractivity contribution in [2.24, 2.45) is 5.10 Å². The summed E-state index contributed by atoms with van der Waals surface area (Å²) in [4.78, 5) is 24.8. The van der Waals surface area contributed by atoms with Gasteiger partial charge in [0, 0.05) is 21.8 Å². The Hall–Kier alpha value is -3.96. The maximum absolute atomic E-state index is 12.4. The second-order valence-corrected chi connectivity index (χ2v) is 7.29. The first-order valence-electron chi connectivity index (χ1n) is 9.58. The maximum atomic E-state index is 12.4. The van der Waals surface area contributed by atoms with Crippen LogP contribution in [0.5, 0.6) is 0 Å². The molecule has 0 aliphatic heterocycles. The van der Waals surface area contributed by atoms with Crippen LogP contribution in [0.15, 0.2) is 96.1 Å². The molecule has 0 aliphatic carbocycles. The molecule has 0 fully saturated rings. The van der Waals surface area contributed by atoms with E-state index in [0.29, 0.717) is 21.8 Å². The van der Waals surface area contributed by atoms with Crippen LogP contribution in [-0.2, 0) is 0 Å². The molecule has 31 heavy (non-hydrogen) atoms. The number of hydrazone groups is 1. The highest BCUT2D eigenvalue weighted by Gasteiger charge is 2.09. The number of nitrogens with zero attached hydrogens (tertiary/aromatic N) is 1. The van der Waals surface area contributed by atoms with Gasteiger partial charge in [-0.3, -0.25) is 9.59 Å². The van der Waals surface area contributed by atoms with E-state index in [4.69, 9.17) is 11.6 Å². The van der Waals surface area contributed by atoms with E-state index >= 15 is 0 Å². The normalized spacial score (nSPS) is 10.9. The average Bonchev–Trinajstić information content (AvgIpc) is 2.79. The summed E-state index contributed by atoms with van der Waals surface area (Å²) in [5.74, 6) is -0.690. The fraction of sp³-hybridized carbons (Fsp3) is 0. The van der Waals surface area contributed by atoms with Gasteiger partial charge in [-0.2, -0.15) is 5.10 Å². The summed E-state index contributed by atoms with van der Waals surface area (Å²) in [5, 5.41) is 9.52. The van der Waals surface area contributed by atoms with Crippen molar-refractivity contribution >= 4 is 46.1 Å². The smallest absolute Gasteiger partial charge is 0.271 e. The third kappa shape index (κ3) is 5.15. The van der Waals surface area contributed by atoms with Gasteiger partial charge < -0.3 is 5.32 Å². The van der Waals surface area contributed by atoms with Gasteiger partial charge >= 0.3 is 0 Å². The minimum atomic E-state index is -0.379. The lowest BCUT2D eigenvalue weighted by molar-refractivity contribution is 0.0953. The Morgan fingerprint density at radius 2 is 1.48 bits per heavy atom. The highest BCUT2D eigenvalue weighted by molar-refractivity contribution is 6.31. The van der Waals surface area contributed by atoms with Gasteiger partial charge in [-0.15, -0.1) is 0 Å². The molecule has 2 N–H and O–H groups in total. The van der Waals surface area contributed by atoms with E-state index in [1.54, 1.807) is 54.7 Å². The van der Waals surface area contributed by atoms with Gasteiger partial charge in [0.1, 0.15) is 0 Å². The van der Waals surface area contributed by atoms with Crippen LogP contribution in [0.3, 0.4) is 0 Å². The second kappa shape index (κ2) is 9.24. The van der Waals surface area contributed by atoms with Crippen LogP contribution in [0.4, 0.5) is 5.69 Å². The van der Waals surface area contributed by atoms with Gasteiger partial charge in [0.2, 0.25) is 0 Å². The Labute approximate surface area is 184 Å². The topological polar surface area (TPSA) is 70.6 Å². The molecule has 0 spiro atoms. The van der Waals surface area contributed by atoms with Crippen molar-refractivity contribution in [2.75, 3.05) is 5.32 Å². The number of rotatable bonds is 5. The summed E-state index contributed by atoms with van der Waals surface area (Å²) in [6.45, 7) is 0. The molecule has 6 heteroatoms. The fourth-order valence-electron chi connectivity index (χ4n) is 3.09. The van der Waals surface area contributed by atoms with E-state index in [0.717, 1.165) is 16.3 Å². The first-order valence-corrected chi connectivity index (χ1v) is 9.95. The van der Waals surface area contributed by atoms with Crippen molar-refractivity contribution in [1.29, 1.82) is 0 Å².